The lowest BCUT2D eigenvalue weighted by atomic mass is 10.3. The first-order valence-corrected chi connectivity index (χ1v) is 7.88. The standard InChI is InChI=1S/C12H15N3O2S/c1-2-10-14-9-5-3-7-13-12(9)15(10)11-6-4-8-18(11,16)17/h3,5,7,11H,2,4,6,8H2,1H3. The second-order valence-corrected chi connectivity index (χ2v) is 6.84. The van der Waals surface area contributed by atoms with Gasteiger partial charge < -0.3 is 0 Å². The summed E-state index contributed by atoms with van der Waals surface area (Å²) in [4.78, 5) is 8.77. The minimum atomic E-state index is -3.05. The Morgan fingerprint density at radius 3 is 3.00 bits per heavy atom. The second-order valence-electron chi connectivity index (χ2n) is 4.56. The summed E-state index contributed by atoms with van der Waals surface area (Å²) in [6.45, 7) is 1.99. The van der Waals surface area contributed by atoms with E-state index in [1.54, 1.807) is 6.20 Å². The SMILES string of the molecule is CCc1nc2cccnc2n1C1CCCS1(=O)=O. The van der Waals surface area contributed by atoms with Crippen molar-refractivity contribution in [2.24, 2.45) is 0 Å². The summed E-state index contributed by atoms with van der Waals surface area (Å²) >= 11 is 0. The first-order chi connectivity index (χ1) is 8.63. The molecule has 2 aromatic rings. The summed E-state index contributed by atoms with van der Waals surface area (Å²) in [5, 5.41) is -0.479. The van der Waals surface area contributed by atoms with E-state index in [9.17, 15) is 8.42 Å². The Morgan fingerprint density at radius 1 is 1.50 bits per heavy atom. The number of aromatic nitrogens is 3. The van der Waals surface area contributed by atoms with Gasteiger partial charge in [0.2, 0.25) is 0 Å². The highest BCUT2D eigenvalue weighted by atomic mass is 32.2. The van der Waals surface area contributed by atoms with E-state index in [2.05, 4.69) is 9.97 Å². The zero-order valence-corrected chi connectivity index (χ0v) is 11.0. The first-order valence-electron chi connectivity index (χ1n) is 6.17. The van der Waals surface area contributed by atoms with Crippen LogP contribution < -0.4 is 0 Å². The first kappa shape index (κ1) is 11.6. The molecule has 0 N–H and O–H groups in total. The van der Waals surface area contributed by atoms with Gasteiger partial charge >= 0.3 is 0 Å². The number of aryl methyl sites for hydroxylation is 1. The molecular weight excluding hydrogens is 250 g/mol. The van der Waals surface area contributed by atoms with Crippen LogP contribution in [0, 0.1) is 0 Å². The van der Waals surface area contributed by atoms with Crippen molar-refractivity contribution in [3.05, 3.63) is 24.2 Å². The predicted molar refractivity (Wildman–Crippen MR) is 69.0 cm³/mol. The number of hydrogen-bond donors (Lipinski definition) is 0. The van der Waals surface area contributed by atoms with Crippen molar-refractivity contribution in [2.45, 2.75) is 31.6 Å². The summed E-state index contributed by atoms with van der Waals surface area (Å²) in [6.07, 6.45) is 3.78. The summed E-state index contributed by atoms with van der Waals surface area (Å²) in [5.41, 5.74) is 1.46. The summed E-state index contributed by atoms with van der Waals surface area (Å²) in [7, 11) is -3.05. The van der Waals surface area contributed by atoms with E-state index < -0.39 is 15.2 Å². The average Bonchev–Trinajstić information content (AvgIpc) is 2.88. The lowest BCUT2D eigenvalue weighted by molar-refractivity contribution is 0.552. The van der Waals surface area contributed by atoms with Gasteiger partial charge in [-0.3, -0.25) is 4.57 Å². The number of rotatable bonds is 2. The van der Waals surface area contributed by atoms with Crippen molar-refractivity contribution in [1.29, 1.82) is 0 Å². The molecule has 1 unspecified atom stereocenters. The van der Waals surface area contributed by atoms with Crippen molar-refractivity contribution in [1.82, 2.24) is 14.5 Å². The molecule has 0 spiro atoms. The van der Waals surface area contributed by atoms with Crippen LogP contribution in [0.25, 0.3) is 11.2 Å². The zero-order valence-electron chi connectivity index (χ0n) is 10.2. The Kier molecular flexibility index (Phi) is 2.62. The quantitative estimate of drug-likeness (QED) is 0.829. The fraction of sp³-hybridized carbons (Fsp3) is 0.500. The molecule has 96 valence electrons. The molecular formula is C12H15N3O2S. The van der Waals surface area contributed by atoms with Crippen LogP contribution in [-0.2, 0) is 16.3 Å². The summed E-state index contributed by atoms with van der Waals surface area (Å²) < 4.78 is 26.0. The van der Waals surface area contributed by atoms with Gasteiger partial charge in [0.1, 0.15) is 16.7 Å². The third-order valence-corrected chi connectivity index (χ3v) is 5.55. The maximum atomic E-state index is 12.1. The van der Waals surface area contributed by atoms with E-state index in [0.717, 1.165) is 17.8 Å². The maximum absolute atomic E-state index is 12.1. The van der Waals surface area contributed by atoms with Crippen LogP contribution in [0.4, 0.5) is 0 Å². The lowest BCUT2D eigenvalue weighted by Crippen LogP contribution is -2.18. The van der Waals surface area contributed by atoms with Crippen LogP contribution in [0.1, 0.15) is 31.0 Å². The Morgan fingerprint density at radius 2 is 2.33 bits per heavy atom. The van der Waals surface area contributed by atoms with Gasteiger partial charge in [-0.05, 0) is 25.0 Å². The van der Waals surface area contributed by atoms with Crippen LogP contribution >= 0.6 is 0 Å². The van der Waals surface area contributed by atoms with Gasteiger partial charge in [-0.25, -0.2) is 18.4 Å². The number of fused-ring (bicyclic) bond motifs is 1. The minimum absolute atomic E-state index is 0.271. The van der Waals surface area contributed by atoms with Crippen molar-refractivity contribution in [3.63, 3.8) is 0 Å². The third kappa shape index (κ3) is 1.63. The summed E-state index contributed by atoms with van der Waals surface area (Å²) in [6, 6.07) is 3.70. The molecule has 1 saturated heterocycles. The van der Waals surface area contributed by atoms with E-state index in [1.165, 1.54) is 0 Å². The molecule has 0 amide bonds. The normalized spacial score (nSPS) is 22.6. The van der Waals surface area contributed by atoms with Gasteiger partial charge in [-0.2, -0.15) is 0 Å². The molecule has 0 aromatic carbocycles. The van der Waals surface area contributed by atoms with E-state index in [1.807, 2.05) is 23.6 Å². The molecule has 6 heteroatoms. The maximum Gasteiger partial charge on any atom is 0.171 e. The molecule has 1 aliphatic rings. The molecule has 0 radical (unpaired) electrons. The number of pyridine rings is 1. The molecule has 2 aromatic heterocycles. The smallest absolute Gasteiger partial charge is 0.171 e. The van der Waals surface area contributed by atoms with Crippen molar-refractivity contribution >= 4 is 21.0 Å². The lowest BCUT2D eigenvalue weighted by Gasteiger charge is -2.14. The van der Waals surface area contributed by atoms with Crippen LogP contribution in [0.3, 0.4) is 0 Å². The topological polar surface area (TPSA) is 64.8 Å². The summed E-state index contributed by atoms with van der Waals surface area (Å²) in [5.74, 6) is 1.08. The molecule has 1 aliphatic heterocycles. The largest absolute Gasteiger partial charge is 0.295 e. The van der Waals surface area contributed by atoms with Crippen LogP contribution in [0.5, 0.6) is 0 Å². The Hall–Kier alpha value is -1.43. The van der Waals surface area contributed by atoms with E-state index in [4.69, 9.17) is 0 Å². The van der Waals surface area contributed by atoms with Crippen molar-refractivity contribution < 1.29 is 8.42 Å². The predicted octanol–water partition coefficient (Wildman–Crippen LogP) is 1.70. The molecule has 0 bridgehead atoms. The Bertz CT molecular complexity index is 690. The fourth-order valence-electron chi connectivity index (χ4n) is 2.59. The van der Waals surface area contributed by atoms with E-state index in [0.29, 0.717) is 18.5 Å². The highest BCUT2D eigenvalue weighted by Crippen LogP contribution is 2.33. The molecule has 0 saturated carbocycles. The molecule has 0 aliphatic carbocycles. The average molecular weight is 265 g/mol. The number of sulfone groups is 1. The highest BCUT2D eigenvalue weighted by Gasteiger charge is 2.35. The molecule has 5 nitrogen and oxygen atoms in total. The van der Waals surface area contributed by atoms with Crippen LogP contribution in [-0.4, -0.2) is 28.7 Å². The molecule has 3 rings (SSSR count). The van der Waals surface area contributed by atoms with Gasteiger partial charge in [0.15, 0.2) is 15.5 Å². The second kappa shape index (κ2) is 4.05. The van der Waals surface area contributed by atoms with Gasteiger partial charge in [0.05, 0.1) is 5.75 Å². The molecule has 1 fully saturated rings. The van der Waals surface area contributed by atoms with Gasteiger partial charge in [0.25, 0.3) is 0 Å². The number of nitrogens with zero attached hydrogens (tertiary/aromatic N) is 3. The van der Waals surface area contributed by atoms with Gasteiger partial charge in [0, 0.05) is 12.6 Å². The minimum Gasteiger partial charge on any atom is -0.295 e. The van der Waals surface area contributed by atoms with Gasteiger partial charge in [-0.1, -0.05) is 6.92 Å². The number of hydrogen-bond acceptors (Lipinski definition) is 4. The van der Waals surface area contributed by atoms with Crippen LogP contribution in [0.15, 0.2) is 18.3 Å². The zero-order chi connectivity index (χ0) is 12.8. The van der Waals surface area contributed by atoms with Crippen molar-refractivity contribution in [2.75, 3.05) is 5.75 Å². The van der Waals surface area contributed by atoms with Gasteiger partial charge in [-0.15, -0.1) is 0 Å². The fourth-order valence-corrected chi connectivity index (χ4v) is 4.50. The highest BCUT2D eigenvalue weighted by molar-refractivity contribution is 7.91. The molecule has 3 heterocycles. The van der Waals surface area contributed by atoms with E-state index >= 15 is 0 Å². The van der Waals surface area contributed by atoms with Crippen molar-refractivity contribution in [3.8, 4) is 0 Å². The Balaban J connectivity index is 2.27. The third-order valence-electron chi connectivity index (χ3n) is 3.42. The van der Waals surface area contributed by atoms with E-state index in [-0.39, 0.29) is 5.75 Å². The monoisotopic (exact) mass is 265 g/mol. The number of imidazole rings is 1. The Labute approximate surface area is 106 Å². The molecule has 1 atom stereocenters. The molecule has 18 heavy (non-hydrogen) atoms. The van der Waals surface area contributed by atoms with Crippen LogP contribution in [0.2, 0.25) is 0 Å².